The highest BCUT2D eigenvalue weighted by molar-refractivity contribution is 5.91. The van der Waals surface area contributed by atoms with Crippen LogP contribution in [0.25, 0.3) is 10.8 Å². The summed E-state index contributed by atoms with van der Waals surface area (Å²) in [5.74, 6) is 0.568. The molecular formula is C28H26F3N5O2. The summed E-state index contributed by atoms with van der Waals surface area (Å²) >= 11 is 0. The molecule has 0 aliphatic carbocycles. The maximum atomic E-state index is 12.4. The number of benzene rings is 2. The predicted molar refractivity (Wildman–Crippen MR) is 137 cm³/mol. The van der Waals surface area contributed by atoms with E-state index in [1.165, 1.54) is 12.1 Å². The summed E-state index contributed by atoms with van der Waals surface area (Å²) < 4.78 is 42.9. The molecule has 5 rings (SSSR count). The molecule has 0 radical (unpaired) electrons. The first-order valence-electron chi connectivity index (χ1n) is 12.2. The first kappa shape index (κ1) is 25.4. The highest BCUT2D eigenvalue weighted by Gasteiger charge is 2.31. The second kappa shape index (κ2) is 10.3. The van der Waals surface area contributed by atoms with Gasteiger partial charge in [-0.25, -0.2) is 4.98 Å². The van der Waals surface area contributed by atoms with Gasteiger partial charge in [0.2, 0.25) is 0 Å². The molecular weight excluding hydrogens is 495 g/mol. The van der Waals surface area contributed by atoms with Crippen LogP contribution in [-0.4, -0.2) is 52.1 Å². The van der Waals surface area contributed by atoms with Crippen molar-refractivity contribution < 1.29 is 23.0 Å². The number of aromatic hydroxyl groups is 1. The van der Waals surface area contributed by atoms with E-state index in [0.29, 0.717) is 12.1 Å². The smallest absolute Gasteiger partial charge is 0.494 e. The molecule has 0 unspecified atom stereocenters. The van der Waals surface area contributed by atoms with Crippen molar-refractivity contribution >= 4 is 16.6 Å². The van der Waals surface area contributed by atoms with Crippen LogP contribution in [0.2, 0.25) is 0 Å². The Morgan fingerprint density at radius 1 is 1.03 bits per heavy atom. The number of hydrogen-bond acceptors (Lipinski definition) is 6. The third-order valence-electron chi connectivity index (χ3n) is 6.71. The molecule has 1 aliphatic heterocycles. The third-order valence-corrected chi connectivity index (χ3v) is 6.71. The van der Waals surface area contributed by atoms with Gasteiger partial charge in [0.1, 0.15) is 17.6 Å². The largest absolute Gasteiger partial charge is 0.573 e. The van der Waals surface area contributed by atoms with Crippen molar-refractivity contribution in [3.63, 3.8) is 0 Å². The van der Waals surface area contributed by atoms with Gasteiger partial charge >= 0.3 is 6.36 Å². The Labute approximate surface area is 217 Å². The van der Waals surface area contributed by atoms with Crippen molar-refractivity contribution in [1.82, 2.24) is 14.5 Å². The second-order valence-electron chi connectivity index (χ2n) is 9.40. The molecule has 196 valence electrons. The van der Waals surface area contributed by atoms with Gasteiger partial charge in [-0.1, -0.05) is 18.2 Å². The molecule has 0 bridgehead atoms. The lowest BCUT2D eigenvalue weighted by Gasteiger charge is -2.35. The van der Waals surface area contributed by atoms with E-state index in [2.05, 4.69) is 37.7 Å². The van der Waals surface area contributed by atoms with Gasteiger partial charge < -0.3 is 19.3 Å². The van der Waals surface area contributed by atoms with E-state index in [4.69, 9.17) is 0 Å². The van der Waals surface area contributed by atoms with E-state index in [0.717, 1.165) is 66.0 Å². The number of nitrogens with zero attached hydrogens (tertiary/aromatic N) is 5. The van der Waals surface area contributed by atoms with E-state index in [1.807, 2.05) is 13.1 Å². The first-order valence-corrected chi connectivity index (χ1v) is 12.2. The molecule has 0 saturated carbocycles. The number of pyridine rings is 1. The van der Waals surface area contributed by atoms with E-state index in [9.17, 15) is 23.5 Å². The van der Waals surface area contributed by atoms with Gasteiger partial charge in [-0.15, -0.1) is 13.2 Å². The summed E-state index contributed by atoms with van der Waals surface area (Å²) in [4.78, 5) is 8.89. The van der Waals surface area contributed by atoms with Crippen LogP contribution in [0.3, 0.4) is 0 Å². The molecule has 2 aromatic heterocycles. The van der Waals surface area contributed by atoms with Crippen molar-refractivity contribution in [3.8, 4) is 17.7 Å². The number of alkyl halides is 3. The summed E-state index contributed by atoms with van der Waals surface area (Å²) in [6.45, 7) is 6.24. The molecule has 3 heterocycles. The van der Waals surface area contributed by atoms with Crippen LogP contribution in [0.1, 0.15) is 22.3 Å². The number of ether oxygens (including phenoxy) is 1. The van der Waals surface area contributed by atoms with Gasteiger partial charge in [0, 0.05) is 55.9 Å². The van der Waals surface area contributed by atoms with E-state index >= 15 is 0 Å². The zero-order valence-corrected chi connectivity index (χ0v) is 20.7. The fraction of sp³-hybridized carbons (Fsp3) is 0.286. The number of halogens is 3. The maximum Gasteiger partial charge on any atom is 0.573 e. The van der Waals surface area contributed by atoms with Crippen LogP contribution < -0.4 is 9.64 Å². The zero-order chi connectivity index (χ0) is 26.9. The van der Waals surface area contributed by atoms with Gasteiger partial charge in [0.25, 0.3) is 0 Å². The number of anilines is 1. The molecule has 1 N–H and O–H groups in total. The Hall–Kier alpha value is -4.23. The fourth-order valence-corrected chi connectivity index (χ4v) is 4.99. The topological polar surface area (TPSA) is 77.5 Å². The van der Waals surface area contributed by atoms with Gasteiger partial charge in [0.05, 0.1) is 12.1 Å². The van der Waals surface area contributed by atoms with Gasteiger partial charge in [-0.2, -0.15) is 5.26 Å². The van der Waals surface area contributed by atoms with Gasteiger partial charge in [0.15, 0.2) is 5.88 Å². The highest BCUT2D eigenvalue weighted by atomic mass is 19.4. The Balaban J connectivity index is 1.27. The Morgan fingerprint density at radius 3 is 2.45 bits per heavy atom. The minimum atomic E-state index is -4.74. The lowest BCUT2D eigenvalue weighted by Crippen LogP contribution is -2.46. The fourth-order valence-electron chi connectivity index (χ4n) is 4.99. The maximum absolute atomic E-state index is 12.4. The molecule has 0 atom stereocenters. The predicted octanol–water partition coefficient (Wildman–Crippen LogP) is 5.19. The van der Waals surface area contributed by atoms with Crippen LogP contribution in [0, 0.1) is 18.3 Å². The molecule has 1 aliphatic rings. The van der Waals surface area contributed by atoms with Gasteiger partial charge in [-0.3, -0.25) is 4.90 Å². The number of rotatable bonds is 6. The van der Waals surface area contributed by atoms with Crippen molar-refractivity contribution in [2.75, 3.05) is 31.1 Å². The summed E-state index contributed by atoms with van der Waals surface area (Å²) in [6, 6.07) is 15.5. The van der Waals surface area contributed by atoms with Crippen molar-refractivity contribution in [2.45, 2.75) is 26.4 Å². The highest BCUT2D eigenvalue weighted by Crippen LogP contribution is 2.33. The molecule has 0 spiro atoms. The number of hydrogen-bond donors (Lipinski definition) is 1. The van der Waals surface area contributed by atoms with Crippen LogP contribution in [0.15, 0.2) is 60.9 Å². The van der Waals surface area contributed by atoms with E-state index < -0.39 is 6.36 Å². The molecule has 2 aromatic carbocycles. The van der Waals surface area contributed by atoms with Crippen molar-refractivity contribution in [2.24, 2.45) is 0 Å². The molecule has 0 amide bonds. The van der Waals surface area contributed by atoms with Crippen molar-refractivity contribution in [3.05, 3.63) is 83.2 Å². The SMILES string of the molecule is Cc1cc(CN2CCN(c3ncccc3C#N)CC2)cc2cn(Cc3ccc(OC(F)(F)F)cc3)c(O)c12. The van der Waals surface area contributed by atoms with Crippen LogP contribution in [-0.2, 0) is 13.1 Å². The van der Waals surface area contributed by atoms with Crippen LogP contribution in [0.4, 0.5) is 19.0 Å². The average molecular weight is 522 g/mol. The summed E-state index contributed by atoms with van der Waals surface area (Å²) in [7, 11) is 0. The number of nitriles is 1. The number of fused-ring (bicyclic) bond motifs is 1. The molecule has 1 saturated heterocycles. The molecule has 38 heavy (non-hydrogen) atoms. The quantitative estimate of drug-likeness (QED) is 0.376. The Kier molecular flexibility index (Phi) is 6.87. The van der Waals surface area contributed by atoms with E-state index in [-0.39, 0.29) is 11.6 Å². The minimum absolute atomic E-state index is 0.122. The summed E-state index contributed by atoms with van der Waals surface area (Å²) in [5, 5.41) is 21.9. The monoisotopic (exact) mass is 521 g/mol. The van der Waals surface area contributed by atoms with Crippen LogP contribution >= 0.6 is 0 Å². The van der Waals surface area contributed by atoms with Crippen molar-refractivity contribution in [1.29, 1.82) is 5.26 Å². The molecule has 7 nitrogen and oxygen atoms in total. The lowest BCUT2D eigenvalue weighted by molar-refractivity contribution is -0.274. The normalized spacial score (nSPS) is 14.6. The average Bonchev–Trinajstić information content (AvgIpc) is 3.20. The standard InChI is InChI=1S/C28H26F3N5O2/c1-19-13-21(16-34-9-11-35(12-10-34)26-22(15-32)3-2-8-33-26)14-23-18-36(27(37)25(19)23)17-20-4-6-24(7-5-20)38-28(29,30)31/h2-8,13-14,18,37H,9-12,16-17H2,1H3. The summed E-state index contributed by atoms with van der Waals surface area (Å²) in [5.41, 5.74) is 3.40. The number of aromatic nitrogens is 2. The zero-order valence-electron chi connectivity index (χ0n) is 20.7. The Bertz CT molecular complexity index is 1480. The number of aryl methyl sites for hydroxylation is 1. The molecule has 4 aromatic rings. The second-order valence-corrected chi connectivity index (χ2v) is 9.40. The minimum Gasteiger partial charge on any atom is -0.494 e. The van der Waals surface area contributed by atoms with Gasteiger partial charge in [-0.05, 0) is 53.9 Å². The Morgan fingerprint density at radius 2 is 1.76 bits per heavy atom. The third kappa shape index (κ3) is 5.53. The molecule has 10 heteroatoms. The van der Waals surface area contributed by atoms with E-state index in [1.54, 1.807) is 35.0 Å². The molecule has 1 fully saturated rings. The van der Waals surface area contributed by atoms with Crippen LogP contribution in [0.5, 0.6) is 11.6 Å². The summed E-state index contributed by atoms with van der Waals surface area (Å²) in [6.07, 6.45) is -1.16. The first-order chi connectivity index (χ1) is 18.2. The lowest BCUT2D eigenvalue weighted by atomic mass is 10.0. The number of piperazine rings is 1.